The fraction of sp³-hybridized carbons (Fsp3) is 0.591. The van der Waals surface area contributed by atoms with Crippen molar-refractivity contribution in [3.63, 3.8) is 0 Å². The van der Waals surface area contributed by atoms with Crippen molar-refractivity contribution in [3.8, 4) is 16.9 Å². The van der Waals surface area contributed by atoms with Crippen LogP contribution in [0.1, 0.15) is 84.5 Å². The summed E-state index contributed by atoms with van der Waals surface area (Å²) >= 11 is 0. The Bertz CT molecular complexity index is 2150. The van der Waals surface area contributed by atoms with E-state index in [4.69, 9.17) is 33.7 Å². The predicted octanol–water partition coefficient (Wildman–Crippen LogP) is 9.79. The summed E-state index contributed by atoms with van der Waals surface area (Å²) in [6.07, 6.45) is -0.671. The number of imidazole rings is 1. The predicted molar refractivity (Wildman–Crippen MR) is 250 cm³/mol. The molecule has 0 saturated carbocycles. The normalized spacial score (nSPS) is 19.6. The molecule has 4 N–H and O–H groups in total. The minimum Gasteiger partial charge on any atom is -0.508 e. The quantitative estimate of drug-likeness (QED) is 0.110. The number of amides is 1. The van der Waals surface area contributed by atoms with Gasteiger partial charge in [0, 0.05) is 26.2 Å². The second-order valence-corrected chi connectivity index (χ2v) is 35.4. The van der Waals surface area contributed by atoms with Gasteiger partial charge in [-0.05, 0) is 89.3 Å². The summed E-state index contributed by atoms with van der Waals surface area (Å²) in [4.78, 5) is 28.2. The highest BCUT2D eigenvalue weighted by Gasteiger charge is 2.55. The summed E-state index contributed by atoms with van der Waals surface area (Å²) in [5.41, 5.74) is 10.5. The zero-order valence-electron chi connectivity index (χ0n) is 39.1. The summed E-state index contributed by atoms with van der Waals surface area (Å²) in [6, 6.07) is 12.9. The number of carbonyl (C=O) groups excluding carboxylic acids is 1. The molecular formula is C44H71N7O6Si3. The van der Waals surface area contributed by atoms with Gasteiger partial charge in [-0.1, -0.05) is 86.6 Å². The number of phenols is 1. The molecule has 330 valence electrons. The lowest BCUT2D eigenvalue weighted by Crippen LogP contribution is -2.54. The molecule has 0 aliphatic carbocycles. The first kappa shape index (κ1) is 47.4. The number of anilines is 2. The van der Waals surface area contributed by atoms with Gasteiger partial charge in [0.15, 0.2) is 48.2 Å². The van der Waals surface area contributed by atoms with E-state index < -0.39 is 49.5 Å². The van der Waals surface area contributed by atoms with Crippen LogP contribution in [0, 0.1) is 0 Å². The third-order valence-corrected chi connectivity index (χ3v) is 26.7. The first-order valence-electron chi connectivity index (χ1n) is 21.0. The van der Waals surface area contributed by atoms with Crippen LogP contribution in [-0.2, 0) is 24.6 Å². The van der Waals surface area contributed by atoms with E-state index in [1.165, 1.54) is 17.3 Å². The largest absolute Gasteiger partial charge is 0.508 e. The van der Waals surface area contributed by atoms with Crippen molar-refractivity contribution < 1.29 is 27.9 Å². The van der Waals surface area contributed by atoms with Crippen molar-refractivity contribution in [2.75, 3.05) is 31.8 Å². The van der Waals surface area contributed by atoms with Crippen molar-refractivity contribution in [2.45, 2.75) is 148 Å². The maximum absolute atomic E-state index is 12.7. The van der Waals surface area contributed by atoms with Gasteiger partial charge in [0.1, 0.15) is 30.4 Å². The number of rotatable bonds is 13. The van der Waals surface area contributed by atoms with E-state index in [-0.39, 0.29) is 32.6 Å². The topological polar surface area (TPSA) is 159 Å². The van der Waals surface area contributed by atoms with E-state index in [2.05, 4.69) is 112 Å². The molecule has 4 aromatic rings. The zero-order chi connectivity index (χ0) is 45.0. The molecule has 13 nitrogen and oxygen atoms in total. The van der Waals surface area contributed by atoms with E-state index in [9.17, 15) is 9.90 Å². The number of nitrogens with zero attached hydrogens (tertiary/aromatic N) is 5. The maximum Gasteiger partial charge on any atom is 0.253 e. The summed E-state index contributed by atoms with van der Waals surface area (Å²) < 4.78 is 31.0. The van der Waals surface area contributed by atoms with Crippen LogP contribution in [-0.4, -0.2) is 99.4 Å². The van der Waals surface area contributed by atoms with Crippen molar-refractivity contribution in [3.05, 3.63) is 59.9 Å². The number of aromatic hydroxyl groups is 1. The SMILES string of the molecule is CN(C)C(=O)c1cc(O)cc(-c2ccc(CNc3nc4c(N)ncnc4n3[C@@H]3O[C@H](CO[Si](C)(C)C(C)(C)C)[C@@H](O[Si](C)(C)C(C)(C)C)[C@H]3O[Si](C)(C)C(C)(C)C)cc2)c1. The van der Waals surface area contributed by atoms with Gasteiger partial charge in [0.2, 0.25) is 5.95 Å². The van der Waals surface area contributed by atoms with Crippen LogP contribution in [0.4, 0.5) is 11.8 Å². The Morgan fingerprint density at radius 3 is 1.95 bits per heavy atom. The van der Waals surface area contributed by atoms with Crippen LogP contribution in [0.25, 0.3) is 22.3 Å². The molecule has 3 heterocycles. The van der Waals surface area contributed by atoms with E-state index in [0.29, 0.717) is 35.8 Å². The molecule has 0 spiro atoms. The van der Waals surface area contributed by atoms with E-state index in [0.717, 1.165) is 16.7 Å². The number of carbonyl (C=O) groups is 1. The molecule has 16 heteroatoms. The molecule has 1 amide bonds. The second kappa shape index (κ2) is 16.9. The average molecular weight is 878 g/mol. The molecule has 60 heavy (non-hydrogen) atoms. The number of benzene rings is 2. The van der Waals surface area contributed by atoms with Gasteiger partial charge in [0.25, 0.3) is 5.91 Å². The highest BCUT2D eigenvalue weighted by atomic mass is 28.4. The Hall–Kier alpha value is -3.65. The number of nitrogens with two attached hydrogens (primary N) is 1. The van der Waals surface area contributed by atoms with E-state index in [1.807, 2.05) is 28.8 Å². The average Bonchev–Trinajstić information content (AvgIpc) is 3.65. The lowest BCUT2D eigenvalue weighted by Gasteiger charge is -2.44. The van der Waals surface area contributed by atoms with E-state index in [1.54, 1.807) is 26.2 Å². The monoisotopic (exact) mass is 877 g/mol. The lowest BCUT2D eigenvalue weighted by atomic mass is 10.0. The minimum atomic E-state index is -2.45. The molecule has 1 fully saturated rings. The smallest absolute Gasteiger partial charge is 0.253 e. The van der Waals surface area contributed by atoms with E-state index >= 15 is 0 Å². The van der Waals surface area contributed by atoms with Gasteiger partial charge >= 0.3 is 0 Å². The molecule has 0 unspecified atom stereocenters. The Labute approximate surface area is 361 Å². The maximum atomic E-state index is 12.7. The third-order valence-electron chi connectivity index (χ3n) is 13.2. The van der Waals surface area contributed by atoms with Gasteiger partial charge in [-0.15, -0.1) is 0 Å². The van der Waals surface area contributed by atoms with Crippen LogP contribution in [0.2, 0.25) is 54.4 Å². The highest BCUT2D eigenvalue weighted by Crippen LogP contribution is 2.48. The number of fused-ring (bicyclic) bond motifs is 1. The first-order valence-corrected chi connectivity index (χ1v) is 29.7. The van der Waals surface area contributed by atoms with Crippen LogP contribution < -0.4 is 11.1 Å². The van der Waals surface area contributed by atoms with Gasteiger partial charge < -0.3 is 39.1 Å². The fourth-order valence-corrected chi connectivity index (χ4v) is 9.92. The van der Waals surface area contributed by atoms with Crippen LogP contribution in [0.3, 0.4) is 0 Å². The summed E-state index contributed by atoms with van der Waals surface area (Å²) in [5.74, 6) is 0.611. The Balaban J connectivity index is 1.58. The van der Waals surface area contributed by atoms with Gasteiger partial charge in [-0.2, -0.15) is 0 Å². The van der Waals surface area contributed by atoms with Gasteiger partial charge in [-0.3, -0.25) is 9.36 Å². The van der Waals surface area contributed by atoms with Crippen LogP contribution >= 0.6 is 0 Å². The molecule has 1 saturated heterocycles. The van der Waals surface area contributed by atoms with Crippen LogP contribution in [0.5, 0.6) is 5.75 Å². The number of ether oxygens (including phenoxy) is 1. The number of phenolic OH excluding ortho intramolecular Hbond substituents is 1. The third kappa shape index (κ3) is 10.0. The number of aromatic nitrogens is 4. The molecular weight excluding hydrogens is 807 g/mol. The van der Waals surface area contributed by atoms with Crippen molar-refractivity contribution in [1.29, 1.82) is 0 Å². The number of hydrogen-bond acceptors (Lipinski definition) is 11. The number of hydrogen-bond donors (Lipinski definition) is 3. The highest BCUT2D eigenvalue weighted by molar-refractivity contribution is 6.75. The fourth-order valence-electron chi connectivity index (χ4n) is 6.31. The van der Waals surface area contributed by atoms with Gasteiger partial charge in [0.05, 0.1) is 6.61 Å². The second-order valence-electron chi connectivity index (χ2n) is 21.1. The molecule has 2 aromatic heterocycles. The molecule has 2 aromatic carbocycles. The summed E-state index contributed by atoms with van der Waals surface area (Å²) in [6.45, 7) is 34.6. The standard InChI is InChI=1S/C44H71N7O6Si3/c1-42(2,3)58(12,13)54-26-33-35(56-59(14,15)43(4,5)6)36(57-60(16,17)44(7,8)9)40(55-33)51-38-34(37(45)47-27-48-38)49-41(51)46-25-28-18-20-29(21-19-28)30-22-31(24-32(52)23-30)39(53)50(10)11/h18-24,27,33,35-36,40,52H,25-26H2,1-17H3,(H,46,49)(H2,45,47,48)/t33-,35-,36-,40-/m1/s1. The van der Waals surface area contributed by atoms with Crippen molar-refractivity contribution in [2.24, 2.45) is 0 Å². The Morgan fingerprint density at radius 2 is 1.40 bits per heavy atom. The summed E-state index contributed by atoms with van der Waals surface area (Å²) in [5, 5.41) is 13.9. The zero-order valence-corrected chi connectivity index (χ0v) is 42.1. The van der Waals surface area contributed by atoms with Crippen molar-refractivity contribution >= 4 is 53.8 Å². The molecule has 0 radical (unpaired) electrons. The molecule has 1 aliphatic heterocycles. The molecule has 1 aliphatic rings. The molecule has 4 atom stereocenters. The van der Waals surface area contributed by atoms with Gasteiger partial charge in [-0.25, -0.2) is 15.0 Å². The number of nitrogens with one attached hydrogen (secondary N) is 1. The molecule has 5 rings (SSSR count). The van der Waals surface area contributed by atoms with Crippen LogP contribution in [0.15, 0.2) is 48.8 Å². The number of nitrogen functional groups attached to an aromatic ring is 1. The lowest BCUT2D eigenvalue weighted by molar-refractivity contribution is -0.0461. The molecule has 0 bridgehead atoms. The first-order chi connectivity index (χ1) is 27.4. The Kier molecular flexibility index (Phi) is 13.4. The van der Waals surface area contributed by atoms with Crippen molar-refractivity contribution in [1.82, 2.24) is 24.4 Å². The minimum absolute atomic E-state index is 0.000938. The summed E-state index contributed by atoms with van der Waals surface area (Å²) in [7, 11) is -3.66. The Morgan fingerprint density at radius 1 is 0.833 bits per heavy atom.